The first-order chi connectivity index (χ1) is 17.6. The van der Waals surface area contributed by atoms with Crippen LogP contribution in [0.15, 0.2) is 79.0 Å². The quantitative estimate of drug-likeness (QED) is 0.310. The number of aromatic nitrogens is 2. The van der Waals surface area contributed by atoms with E-state index in [0.29, 0.717) is 23.2 Å². The van der Waals surface area contributed by atoms with Crippen molar-refractivity contribution in [2.24, 2.45) is 0 Å². The maximum atomic E-state index is 13.1. The van der Waals surface area contributed by atoms with Gasteiger partial charge in [0.2, 0.25) is 5.88 Å². The van der Waals surface area contributed by atoms with Crippen molar-refractivity contribution in [2.75, 3.05) is 24.3 Å². The van der Waals surface area contributed by atoms with Gasteiger partial charge >= 0.3 is 0 Å². The van der Waals surface area contributed by atoms with Crippen LogP contribution in [0.5, 0.6) is 11.6 Å². The predicted octanol–water partition coefficient (Wildman–Crippen LogP) is 6.06. The first-order valence-electron chi connectivity index (χ1n) is 12.4. The monoisotopic (exact) mass is 517 g/mol. The van der Waals surface area contributed by atoms with Crippen LogP contribution in [0.1, 0.15) is 36.0 Å². The number of amides is 1. The van der Waals surface area contributed by atoms with Crippen molar-refractivity contribution in [1.82, 2.24) is 15.3 Å². The molecule has 1 fully saturated rings. The van der Waals surface area contributed by atoms with E-state index in [4.69, 9.17) is 9.72 Å². The summed E-state index contributed by atoms with van der Waals surface area (Å²) in [6.45, 7) is 0. The van der Waals surface area contributed by atoms with E-state index in [2.05, 4.69) is 46.7 Å². The highest BCUT2D eigenvalue weighted by molar-refractivity contribution is 5.96. The number of para-hydroxylation sites is 2. The van der Waals surface area contributed by atoms with Gasteiger partial charge in [-0.2, -0.15) is 0 Å². The third kappa shape index (κ3) is 6.30. The summed E-state index contributed by atoms with van der Waals surface area (Å²) in [6, 6.07) is 23.7. The Kier molecular flexibility index (Phi) is 8.46. The van der Waals surface area contributed by atoms with Crippen LogP contribution in [0.25, 0.3) is 10.9 Å². The van der Waals surface area contributed by atoms with Crippen LogP contribution in [-0.2, 0) is 0 Å². The van der Waals surface area contributed by atoms with Gasteiger partial charge in [0.15, 0.2) is 0 Å². The van der Waals surface area contributed by atoms with E-state index in [0.717, 1.165) is 48.1 Å². The molecule has 0 radical (unpaired) electrons. The van der Waals surface area contributed by atoms with E-state index < -0.39 is 0 Å². The Morgan fingerprint density at radius 2 is 1.62 bits per heavy atom. The number of benzene rings is 2. The lowest BCUT2D eigenvalue weighted by atomic mass is 9.91. The Morgan fingerprint density at radius 1 is 0.919 bits per heavy atom. The zero-order valence-electron chi connectivity index (χ0n) is 21.1. The number of carbonyl (C=O) groups excluding carboxylic acids is 1. The highest BCUT2D eigenvalue weighted by Gasteiger charge is 2.25. The van der Waals surface area contributed by atoms with Crippen LogP contribution in [0.2, 0.25) is 0 Å². The molecule has 192 valence electrons. The molecule has 1 aliphatic rings. The fraction of sp³-hybridized carbons (Fsp3) is 0.276. The summed E-state index contributed by atoms with van der Waals surface area (Å²) in [7, 11) is 4.11. The van der Waals surface area contributed by atoms with Crippen molar-refractivity contribution < 1.29 is 9.53 Å². The Balaban J connectivity index is 0.00000320. The summed E-state index contributed by atoms with van der Waals surface area (Å²) in [6.07, 6.45) is 5.34. The molecule has 0 atom stereocenters. The minimum atomic E-state index is -0.155. The molecule has 1 amide bonds. The second kappa shape index (κ2) is 11.9. The molecule has 0 saturated heterocycles. The van der Waals surface area contributed by atoms with Gasteiger partial charge in [-0.1, -0.05) is 36.4 Å². The Bertz CT molecular complexity index is 1340. The van der Waals surface area contributed by atoms with Gasteiger partial charge in [0, 0.05) is 49.5 Å². The van der Waals surface area contributed by atoms with Gasteiger partial charge in [0.05, 0.1) is 5.52 Å². The van der Waals surface area contributed by atoms with Crippen molar-refractivity contribution >= 4 is 40.7 Å². The van der Waals surface area contributed by atoms with Gasteiger partial charge in [0.1, 0.15) is 17.1 Å². The summed E-state index contributed by atoms with van der Waals surface area (Å²) in [5.74, 6) is 1.70. The molecule has 7 nitrogen and oxygen atoms in total. The summed E-state index contributed by atoms with van der Waals surface area (Å²) in [5.41, 5.74) is 2.57. The van der Waals surface area contributed by atoms with E-state index >= 15 is 0 Å². The number of nitrogens with one attached hydrogen (secondary N) is 2. The number of anilines is 2. The van der Waals surface area contributed by atoms with Crippen LogP contribution >= 0.6 is 12.4 Å². The van der Waals surface area contributed by atoms with Gasteiger partial charge < -0.3 is 20.3 Å². The summed E-state index contributed by atoms with van der Waals surface area (Å²) in [4.78, 5) is 24.3. The topological polar surface area (TPSA) is 79.4 Å². The molecular formula is C29H32ClN5O2. The number of carbonyl (C=O) groups is 1. The lowest BCUT2D eigenvalue weighted by Gasteiger charge is -2.30. The number of halogens is 1. The second-order valence-corrected chi connectivity index (χ2v) is 9.38. The largest absolute Gasteiger partial charge is 0.438 e. The maximum Gasteiger partial charge on any atom is 0.257 e. The molecular weight excluding hydrogens is 486 g/mol. The predicted molar refractivity (Wildman–Crippen MR) is 151 cm³/mol. The number of hydrogen-bond acceptors (Lipinski definition) is 6. The zero-order chi connectivity index (χ0) is 24.9. The fourth-order valence-corrected chi connectivity index (χ4v) is 4.70. The molecule has 0 spiro atoms. The molecule has 2 heterocycles. The first kappa shape index (κ1) is 26.2. The van der Waals surface area contributed by atoms with E-state index in [-0.39, 0.29) is 24.4 Å². The van der Waals surface area contributed by atoms with Crippen LogP contribution in [-0.4, -0.2) is 42.1 Å². The summed E-state index contributed by atoms with van der Waals surface area (Å²) in [5, 5.41) is 7.96. The van der Waals surface area contributed by atoms with Gasteiger partial charge in [-0.15, -0.1) is 12.4 Å². The van der Waals surface area contributed by atoms with Crippen LogP contribution in [0.4, 0.5) is 11.5 Å². The molecule has 2 N–H and O–H groups in total. The molecule has 2 aromatic carbocycles. The van der Waals surface area contributed by atoms with E-state index in [1.165, 1.54) is 0 Å². The van der Waals surface area contributed by atoms with Gasteiger partial charge in [0.25, 0.3) is 5.91 Å². The smallest absolute Gasteiger partial charge is 0.257 e. The second-order valence-electron chi connectivity index (χ2n) is 9.38. The molecule has 8 heteroatoms. The third-order valence-electron chi connectivity index (χ3n) is 6.56. The molecule has 1 aliphatic carbocycles. The summed E-state index contributed by atoms with van der Waals surface area (Å²) >= 11 is 0. The van der Waals surface area contributed by atoms with Crippen LogP contribution < -0.4 is 20.3 Å². The van der Waals surface area contributed by atoms with Crippen molar-refractivity contribution in [2.45, 2.75) is 37.8 Å². The average molecular weight is 518 g/mol. The number of pyridine rings is 2. The summed E-state index contributed by atoms with van der Waals surface area (Å²) < 4.78 is 5.87. The Labute approximate surface area is 223 Å². The number of fused-ring (bicyclic) bond motifs is 1. The van der Waals surface area contributed by atoms with Crippen LogP contribution in [0.3, 0.4) is 0 Å². The molecule has 0 bridgehead atoms. The normalized spacial score (nSPS) is 16.9. The van der Waals surface area contributed by atoms with Crippen molar-refractivity contribution in [3.63, 3.8) is 0 Å². The highest BCUT2D eigenvalue weighted by Crippen LogP contribution is 2.29. The number of hydrogen-bond donors (Lipinski definition) is 2. The SMILES string of the molecule is CN(C)c1cc(N[C@H]2CC[C@@H](NC(=O)c3cccnc3Oc3ccccc3)CC2)nc2ccccc12.Cl. The Morgan fingerprint density at radius 3 is 2.38 bits per heavy atom. The molecule has 37 heavy (non-hydrogen) atoms. The molecule has 0 unspecified atom stereocenters. The van der Waals surface area contributed by atoms with Crippen molar-refractivity contribution in [3.05, 3.63) is 84.6 Å². The van der Waals surface area contributed by atoms with Gasteiger partial charge in [-0.25, -0.2) is 9.97 Å². The first-order valence-corrected chi connectivity index (χ1v) is 12.4. The van der Waals surface area contributed by atoms with Crippen molar-refractivity contribution in [1.29, 1.82) is 0 Å². The zero-order valence-corrected chi connectivity index (χ0v) is 21.9. The lowest BCUT2D eigenvalue weighted by Crippen LogP contribution is -2.40. The van der Waals surface area contributed by atoms with E-state index in [1.54, 1.807) is 18.3 Å². The van der Waals surface area contributed by atoms with E-state index in [9.17, 15) is 4.79 Å². The molecule has 0 aliphatic heterocycles. The fourth-order valence-electron chi connectivity index (χ4n) is 4.70. The third-order valence-corrected chi connectivity index (χ3v) is 6.56. The van der Waals surface area contributed by atoms with Crippen LogP contribution in [0, 0.1) is 0 Å². The van der Waals surface area contributed by atoms with Gasteiger partial charge in [-0.05, 0) is 56.0 Å². The Hall–Kier alpha value is -3.84. The van der Waals surface area contributed by atoms with E-state index in [1.807, 2.05) is 48.5 Å². The highest BCUT2D eigenvalue weighted by atomic mass is 35.5. The molecule has 5 rings (SSSR count). The maximum absolute atomic E-state index is 13.1. The standard InChI is InChI=1S/C29H31N5O2.ClH/c1-34(2)26-19-27(33-25-13-7-6-11-23(25)26)31-20-14-16-21(17-15-20)32-28(35)24-12-8-18-30-29(24)36-22-9-4-3-5-10-22;/h3-13,18-21H,14-17H2,1-2H3,(H,31,33)(H,32,35);1H/t20-,21+;. The number of rotatable bonds is 7. The number of nitrogens with zero attached hydrogens (tertiary/aromatic N) is 3. The minimum Gasteiger partial charge on any atom is -0.438 e. The molecule has 4 aromatic rings. The van der Waals surface area contributed by atoms with Crippen molar-refractivity contribution in [3.8, 4) is 11.6 Å². The average Bonchev–Trinajstić information content (AvgIpc) is 2.90. The minimum absolute atomic E-state index is 0. The van der Waals surface area contributed by atoms with Gasteiger partial charge in [-0.3, -0.25) is 4.79 Å². The molecule has 2 aromatic heterocycles. The molecule has 1 saturated carbocycles. The lowest BCUT2D eigenvalue weighted by molar-refractivity contribution is 0.0923. The number of ether oxygens (including phenoxy) is 1.